The molecule has 0 aliphatic carbocycles. The summed E-state index contributed by atoms with van der Waals surface area (Å²) < 4.78 is 0.181. The third kappa shape index (κ3) is 4.54. The van der Waals surface area contributed by atoms with E-state index >= 15 is 0 Å². The fourth-order valence-electron chi connectivity index (χ4n) is 1.57. The summed E-state index contributed by atoms with van der Waals surface area (Å²) in [6, 6.07) is 0. The lowest BCUT2D eigenvalue weighted by Crippen LogP contribution is -2.11. The molecule has 4 heteroatoms. The molecular weight excluding hydrogens is 230 g/mol. The van der Waals surface area contributed by atoms with Crippen LogP contribution in [0.3, 0.4) is 0 Å². The molecule has 0 unspecified atom stereocenters. The number of aromatic nitrogens is 2. The Morgan fingerprint density at radius 1 is 1.24 bits per heavy atom. The van der Waals surface area contributed by atoms with Crippen molar-refractivity contribution in [2.24, 2.45) is 0 Å². The van der Waals surface area contributed by atoms with E-state index in [0.29, 0.717) is 0 Å². The standard InChI is InChI=1S/C13H23N3S/c1-6-8-10-11(14-7-2)15-9-16-12(10)17-13(3,4)5/h9H,6-8H2,1-5H3,(H,14,15,16). The molecule has 0 fully saturated rings. The first kappa shape index (κ1) is 14.3. The molecule has 0 bridgehead atoms. The van der Waals surface area contributed by atoms with Gasteiger partial charge in [0.2, 0.25) is 0 Å². The summed E-state index contributed by atoms with van der Waals surface area (Å²) in [5.41, 5.74) is 1.26. The van der Waals surface area contributed by atoms with E-state index in [1.54, 1.807) is 6.33 Å². The number of hydrogen-bond donors (Lipinski definition) is 1. The lowest BCUT2D eigenvalue weighted by Gasteiger charge is -2.20. The molecule has 0 spiro atoms. The second-order valence-corrected chi connectivity index (χ2v) is 6.82. The Morgan fingerprint density at radius 2 is 1.94 bits per heavy atom. The van der Waals surface area contributed by atoms with E-state index in [-0.39, 0.29) is 4.75 Å². The molecule has 0 atom stereocenters. The van der Waals surface area contributed by atoms with Gasteiger partial charge >= 0.3 is 0 Å². The molecule has 3 nitrogen and oxygen atoms in total. The van der Waals surface area contributed by atoms with Crippen LogP contribution in [0.4, 0.5) is 5.82 Å². The van der Waals surface area contributed by atoms with Crippen LogP contribution in [0.15, 0.2) is 11.4 Å². The molecule has 0 aromatic carbocycles. The molecule has 0 radical (unpaired) electrons. The van der Waals surface area contributed by atoms with Gasteiger partial charge in [0.05, 0.1) is 0 Å². The van der Waals surface area contributed by atoms with Crippen molar-refractivity contribution < 1.29 is 0 Å². The van der Waals surface area contributed by atoms with Gasteiger partial charge in [0, 0.05) is 16.9 Å². The van der Waals surface area contributed by atoms with E-state index in [4.69, 9.17) is 0 Å². The quantitative estimate of drug-likeness (QED) is 0.640. The average Bonchev–Trinajstić information content (AvgIpc) is 2.21. The van der Waals surface area contributed by atoms with Crippen LogP contribution in [0.25, 0.3) is 0 Å². The molecule has 0 saturated heterocycles. The van der Waals surface area contributed by atoms with E-state index in [9.17, 15) is 0 Å². The Hall–Kier alpha value is -0.770. The highest BCUT2D eigenvalue weighted by atomic mass is 32.2. The van der Waals surface area contributed by atoms with E-state index in [1.165, 1.54) is 5.56 Å². The molecule has 0 saturated carbocycles. The van der Waals surface area contributed by atoms with Gasteiger partial charge in [-0.05, 0) is 13.3 Å². The maximum Gasteiger partial charge on any atom is 0.133 e. The summed E-state index contributed by atoms with van der Waals surface area (Å²) in [5.74, 6) is 0.996. The molecule has 0 aliphatic heterocycles. The SMILES string of the molecule is CCCc1c(NCC)ncnc1SC(C)(C)C. The Bertz CT molecular complexity index is 358. The predicted octanol–water partition coefficient (Wildman–Crippen LogP) is 3.75. The predicted molar refractivity (Wildman–Crippen MR) is 75.8 cm³/mol. The van der Waals surface area contributed by atoms with Crippen LogP contribution in [0.1, 0.15) is 46.6 Å². The van der Waals surface area contributed by atoms with Crippen LogP contribution in [0, 0.1) is 0 Å². The van der Waals surface area contributed by atoms with Crippen molar-refractivity contribution in [2.75, 3.05) is 11.9 Å². The Kier molecular flexibility index (Phi) is 5.25. The Labute approximate surface area is 109 Å². The minimum atomic E-state index is 0.181. The maximum atomic E-state index is 4.44. The van der Waals surface area contributed by atoms with Crippen molar-refractivity contribution in [2.45, 2.75) is 57.2 Å². The van der Waals surface area contributed by atoms with Gasteiger partial charge in [-0.2, -0.15) is 0 Å². The summed E-state index contributed by atoms with van der Waals surface area (Å²) in [7, 11) is 0. The molecule has 96 valence electrons. The number of nitrogens with one attached hydrogen (secondary N) is 1. The zero-order valence-corrected chi connectivity index (χ0v) is 12.3. The van der Waals surface area contributed by atoms with Crippen LogP contribution in [-0.4, -0.2) is 21.3 Å². The monoisotopic (exact) mass is 253 g/mol. The van der Waals surface area contributed by atoms with Crippen molar-refractivity contribution >= 4 is 17.6 Å². The molecule has 17 heavy (non-hydrogen) atoms. The van der Waals surface area contributed by atoms with Crippen LogP contribution in [0.5, 0.6) is 0 Å². The zero-order chi connectivity index (χ0) is 12.9. The summed E-state index contributed by atoms with van der Waals surface area (Å²) in [5, 5.41) is 4.44. The fourth-order valence-corrected chi connectivity index (χ4v) is 2.57. The van der Waals surface area contributed by atoms with Crippen molar-refractivity contribution in [3.05, 3.63) is 11.9 Å². The Balaban J connectivity index is 3.05. The summed E-state index contributed by atoms with van der Waals surface area (Å²) >= 11 is 1.82. The maximum absolute atomic E-state index is 4.44. The second kappa shape index (κ2) is 6.24. The molecule has 1 aromatic heterocycles. The smallest absolute Gasteiger partial charge is 0.133 e. The number of thioether (sulfide) groups is 1. The van der Waals surface area contributed by atoms with Crippen LogP contribution >= 0.6 is 11.8 Å². The average molecular weight is 253 g/mol. The molecule has 1 aromatic rings. The molecule has 1 rings (SSSR count). The van der Waals surface area contributed by atoms with Gasteiger partial charge in [0.1, 0.15) is 17.2 Å². The first-order chi connectivity index (χ1) is 7.98. The highest BCUT2D eigenvalue weighted by Gasteiger charge is 2.18. The number of nitrogens with zero attached hydrogens (tertiary/aromatic N) is 2. The topological polar surface area (TPSA) is 37.8 Å². The van der Waals surface area contributed by atoms with Gasteiger partial charge in [0.25, 0.3) is 0 Å². The van der Waals surface area contributed by atoms with Gasteiger partial charge in [-0.1, -0.05) is 34.1 Å². The Morgan fingerprint density at radius 3 is 2.47 bits per heavy atom. The highest BCUT2D eigenvalue weighted by Crippen LogP contribution is 2.34. The highest BCUT2D eigenvalue weighted by molar-refractivity contribution is 8.00. The fraction of sp³-hybridized carbons (Fsp3) is 0.692. The lowest BCUT2D eigenvalue weighted by atomic mass is 10.2. The van der Waals surface area contributed by atoms with Gasteiger partial charge in [-0.25, -0.2) is 9.97 Å². The van der Waals surface area contributed by atoms with Crippen LogP contribution in [-0.2, 0) is 6.42 Å². The van der Waals surface area contributed by atoms with Crippen molar-refractivity contribution in [3.63, 3.8) is 0 Å². The third-order valence-corrected chi connectivity index (χ3v) is 3.31. The molecule has 1 N–H and O–H groups in total. The molecule has 0 aliphatic rings. The second-order valence-electron chi connectivity index (χ2n) is 5.00. The van der Waals surface area contributed by atoms with E-state index in [0.717, 1.165) is 30.2 Å². The van der Waals surface area contributed by atoms with Crippen molar-refractivity contribution in [1.29, 1.82) is 0 Å². The van der Waals surface area contributed by atoms with E-state index in [2.05, 4.69) is 49.9 Å². The summed E-state index contributed by atoms with van der Waals surface area (Å²) in [6.07, 6.45) is 3.80. The molecule has 1 heterocycles. The summed E-state index contributed by atoms with van der Waals surface area (Å²) in [6.45, 7) is 11.8. The molecular formula is C13H23N3S. The van der Waals surface area contributed by atoms with Gasteiger partial charge in [-0.15, -0.1) is 11.8 Å². The number of rotatable bonds is 5. The van der Waals surface area contributed by atoms with Crippen molar-refractivity contribution in [1.82, 2.24) is 9.97 Å². The van der Waals surface area contributed by atoms with Gasteiger partial charge in [0.15, 0.2) is 0 Å². The van der Waals surface area contributed by atoms with Gasteiger partial charge < -0.3 is 5.32 Å². The summed E-state index contributed by atoms with van der Waals surface area (Å²) in [4.78, 5) is 8.78. The van der Waals surface area contributed by atoms with Crippen LogP contribution in [0.2, 0.25) is 0 Å². The first-order valence-corrected chi connectivity index (χ1v) is 7.06. The van der Waals surface area contributed by atoms with Gasteiger partial charge in [-0.3, -0.25) is 0 Å². The lowest BCUT2D eigenvalue weighted by molar-refractivity contribution is 0.789. The largest absolute Gasteiger partial charge is 0.370 e. The number of hydrogen-bond acceptors (Lipinski definition) is 4. The normalized spacial score (nSPS) is 11.6. The van der Waals surface area contributed by atoms with Crippen LogP contribution < -0.4 is 5.32 Å². The number of anilines is 1. The minimum absolute atomic E-state index is 0.181. The zero-order valence-electron chi connectivity index (χ0n) is 11.5. The van der Waals surface area contributed by atoms with E-state index in [1.807, 2.05) is 11.8 Å². The molecule has 0 amide bonds. The first-order valence-electron chi connectivity index (χ1n) is 6.24. The third-order valence-electron chi connectivity index (χ3n) is 2.15. The van der Waals surface area contributed by atoms with E-state index < -0.39 is 0 Å². The minimum Gasteiger partial charge on any atom is -0.370 e. The van der Waals surface area contributed by atoms with Crippen molar-refractivity contribution in [3.8, 4) is 0 Å².